The Hall–Kier alpha value is 4.09. The standard InChI is InChI=1S/C10H22BrN.C6H15N.C4H8Br2.CH4.HI.2Na.H/c1-3-4-6-9-12(2)10-7-5-8-11;1-3-4-5-6-7-2;5-3-1-2-4-6;;;;;/h3-10H2,1-2H3;7H,3-6H2,1-2H3;1-4H2;1H4;1H;;;/q;;;;;2*+1;-1/p-1. The van der Waals surface area contributed by atoms with Gasteiger partial charge < -0.3 is 35.6 Å². The molecule has 2 nitrogen and oxygen atoms in total. The van der Waals surface area contributed by atoms with Gasteiger partial charge in [0.25, 0.3) is 0 Å². The summed E-state index contributed by atoms with van der Waals surface area (Å²) in [6.45, 7) is 8.18. The molecule has 0 aromatic heterocycles. The summed E-state index contributed by atoms with van der Waals surface area (Å²) in [6, 6.07) is 0. The molecule has 0 saturated carbocycles. The van der Waals surface area contributed by atoms with Gasteiger partial charge in [-0.3, -0.25) is 0 Å². The van der Waals surface area contributed by atoms with Crippen molar-refractivity contribution >= 4 is 47.8 Å². The van der Waals surface area contributed by atoms with Gasteiger partial charge in [0.05, 0.1) is 0 Å². The third kappa shape index (κ3) is 65.3. The molecule has 1 N–H and O–H groups in total. The Morgan fingerprint density at radius 2 is 1.03 bits per heavy atom. The minimum absolute atomic E-state index is 0. The summed E-state index contributed by atoms with van der Waals surface area (Å²) in [6.07, 6.45) is 13.3. The second kappa shape index (κ2) is 53.4. The van der Waals surface area contributed by atoms with Crippen molar-refractivity contribution in [2.45, 2.75) is 85.5 Å². The molecule has 0 radical (unpaired) electrons. The summed E-state index contributed by atoms with van der Waals surface area (Å²) >= 11 is 10.1. The zero-order valence-corrected chi connectivity index (χ0v) is 30.7. The molecular weight excluding hydrogens is 693 g/mol. The van der Waals surface area contributed by atoms with E-state index in [1.807, 2.05) is 7.05 Å². The maximum absolute atomic E-state index is 3.44. The first-order chi connectivity index (χ1) is 12.1. The van der Waals surface area contributed by atoms with Gasteiger partial charge >= 0.3 is 59.1 Å². The Labute approximate surface area is 273 Å². The fourth-order valence-corrected chi connectivity index (χ4v) is 3.15. The first-order valence-corrected chi connectivity index (χ1v) is 13.5. The quantitative estimate of drug-likeness (QED) is 0.100. The van der Waals surface area contributed by atoms with Crippen LogP contribution in [0.4, 0.5) is 0 Å². The molecule has 174 valence electrons. The molecule has 0 amide bonds. The van der Waals surface area contributed by atoms with Gasteiger partial charge in [-0.05, 0) is 72.3 Å². The van der Waals surface area contributed by atoms with Crippen LogP contribution in [0.25, 0.3) is 0 Å². The van der Waals surface area contributed by atoms with Gasteiger partial charge in [0.15, 0.2) is 0 Å². The minimum Gasteiger partial charge on any atom is -1.00 e. The molecule has 0 rings (SSSR count). The van der Waals surface area contributed by atoms with Crippen molar-refractivity contribution in [2.24, 2.45) is 0 Å². The summed E-state index contributed by atoms with van der Waals surface area (Å²) in [5.41, 5.74) is 0. The Bertz CT molecular complexity index is 201. The van der Waals surface area contributed by atoms with Crippen LogP contribution in [0.2, 0.25) is 0 Å². The van der Waals surface area contributed by atoms with Crippen LogP contribution in [-0.4, -0.2) is 54.6 Å². The average Bonchev–Trinajstić information content (AvgIpc) is 2.62. The van der Waals surface area contributed by atoms with Crippen molar-refractivity contribution in [3.05, 3.63) is 0 Å². The van der Waals surface area contributed by atoms with E-state index in [0.29, 0.717) is 0 Å². The smallest absolute Gasteiger partial charge is 1.00 e. The van der Waals surface area contributed by atoms with Crippen LogP contribution in [0.15, 0.2) is 0 Å². The molecule has 29 heavy (non-hydrogen) atoms. The number of hydrogen-bond acceptors (Lipinski definition) is 2. The third-order valence-corrected chi connectivity index (χ3v) is 5.30. The molecule has 0 aromatic carbocycles. The second-order valence-electron chi connectivity index (χ2n) is 6.30. The molecule has 0 spiro atoms. The SMILES string of the molecule is BrCCCCBr.C.CCCCCN(C)CCCCBr.CCCCCNC.[H-].[I-].[Na+].[Na+]. The molecule has 0 fully saturated rings. The fraction of sp³-hybridized carbons (Fsp3) is 1.00. The topological polar surface area (TPSA) is 15.3 Å². The molecule has 0 atom stereocenters. The van der Waals surface area contributed by atoms with E-state index in [4.69, 9.17) is 0 Å². The summed E-state index contributed by atoms with van der Waals surface area (Å²) in [5, 5.41) is 6.53. The molecule has 8 heteroatoms. The molecule has 0 bridgehead atoms. The van der Waals surface area contributed by atoms with Crippen molar-refractivity contribution in [3.63, 3.8) is 0 Å². The maximum Gasteiger partial charge on any atom is 1.00 e. The number of halogens is 4. The summed E-state index contributed by atoms with van der Waals surface area (Å²) < 4.78 is 0. The normalized spacial score (nSPS) is 8.69. The van der Waals surface area contributed by atoms with Crippen LogP contribution in [0.3, 0.4) is 0 Å². The van der Waals surface area contributed by atoms with E-state index < -0.39 is 0 Å². The fourth-order valence-electron chi connectivity index (χ4n) is 1.96. The summed E-state index contributed by atoms with van der Waals surface area (Å²) in [7, 11) is 4.22. The molecule has 0 heterocycles. The van der Waals surface area contributed by atoms with Crippen LogP contribution in [0, 0.1) is 0 Å². The van der Waals surface area contributed by atoms with Crippen molar-refractivity contribution in [1.29, 1.82) is 0 Å². The molecular formula is C21H50Br3IN2Na2. The third-order valence-electron chi connectivity index (χ3n) is 3.61. The molecule has 0 aromatic rings. The van der Waals surface area contributed by atoms with Crippen molar-refractivity contribution < 1.29 is 84.5 Å². The summed E-state index contributed by atoms with van der Waals surface area (Å²) in [5.74, 6) is 0. The van der Waals surface area contributed by atoms with E-state index in [1.165, 1.54) is 83.8 Å². The van der Waals surface area contributed by atoms with E-state index in [9.17, 15) is 0 Å². The van der Waals surface area contributed by atoms with Gasteiger partial charge in [0, 0.05) is 16.0 Å². The van der Waals surface area contributed by atoms with Crippen molar-refractivity contribution in [3.8, 4) is 0 Å². The first-order valence-electron chi connectivity index (χ1n) is 10.1. The van der Waals surface area contributed by atoms with Crippen molar-refractivity contribution in [1.82, 2.24) is 10.2 Å². The number of rotatable bonds is 15. The Morgan fingerprint density at radius 3 is 1.38 bits per heavy atom. The van der Waals surface area contributed by atoms with Crippen molar-refractivity contribution in [2.75, 3.05) is 49.7 Å². The van der Waals surface area contributed by atoms with Gasteiger partial charge in [-0.25, -0.2) is 0 Å². The molecule has 0 aliphatic rings. The van der Waals surface area contributed by atoms with Crippen LogP contribution in [0.1, 0.15) is 86.9 Å². The minimum atomic E-state index is 0. The maximum atomic E-state index is 3.44. The Kier molecular flexibility index (Phi) is 92.3. The van der Waals surface area contributed by atoms with E-state index in [-0.39, 0.29) is 91.9 Å². The van der Waals surface area contributed by atoms with E-state index >= 15 is 0 Å². The van der Waals surface area contributed by atoms with Crippen LogP contribution in [0.5, 0.6) is 0 Å². The average molecular weight is 743 g/mol. The molecule has 0 unspecified atom stereocenters. The first kappa shape index (κ1) is 50.1. The van der Waals surface area contributed by atoms with Gasteiger partial charge in [-0.1, -0.05) is 94.7 Å². The van der Waals surface area contributed by atoms with E-state index in [2.05, 4.69) is 78.9 Å². The molecule has 0 aliphatic heterocycles. The van der Waals surface area contributed by atoms with Gasteiger partial charge in [-0.15, -0.1) is 0 Å². The number of hydrogen-bond donors (Lipinski definition) is 1. The van der Waals surface area contributed by atoms with Gasteiger partial charge in [0.2, 0.25) is 0 Å². The second-order valence-corrected chi connectivity index (χ2v) is 8.68. The van der Waals surface area contributed by atoms with Crippen LogP contribution in [-0.2, 0) is 0 Å². The molecule has 0 aliphatic carbocycles. The number of unbranched alkanes of at least 4 members (excludes halogenated alkanes) is 6. The van der Waals surface area contributed by atoms with E-state index in [0.717, 1.165) is 16.0 Å². The monoisotopic (exact) mass is 740 g/mol. The van der Waals surface area contributed by atoms with Gasteiger partial charge in [0.1, 0.15) is 0 Å². The Balaban J connectivity index is -0.0000000396. The molecule has 0 saturated heterocycles. The summed E-state index contributed by atoms with van der Waals surface area (Å²) in [4.78, 5) is 2.44. The number of nitrogens with zero attached hydrogens (tertiary/aromatic N) is 1. The van der Waals surface area contributed by atoms with Crippen LogP contribution < -0.4 is 88.4 Å². The Morgan fingerprint density at radius 1 is 0.690 bits per heavy atom. The van der Waals surface area contributed by atoms with Crippen LogP contribution >= 0.6 is 47.8 Å². The van der Waals surface area contributed by atoms with E-state index in [1.54, 1.807) is 0 Å². The predicted octanol–water partition coefficient (Wildman–Crippen LogP) is -1.00. The van der Waals surface area contributed by atoms with Gasteiger partial charge in [-0.2, -0.15) is 0 Å². The zero-order valence-electron chi connectivity index (χ0n) is 20.8. The number of alkyl halides is 3. The largest absolute Gasteiger partial charge is 1.00 e. The number of nitrogens with one attached hydrogen (secondary N) is 1. The predicted molar refractivity (Wildman–Crippen MR) is 138 cm³/mol. The zero-order chi connectivity index (χ0) is 19.6.